The van der Waals surface area contributed by atoms with Gasteiger partial charge in [0.25, 0.3) is 0 Å². The second-order valence-electron chi connectivity index (χ2n) is 5.35. The molecule has 3 nitrogen and oxygen atoms in total. The Morgan fingerprint density at radius 1 is 1.33 bits per heavy atom. The van der Waals surface area contributed by atoms with E-state index in [0.29, 0.717) is 10.9 Å². The van der Waals surface area contributed by atoms with Gasteiger partial charge in [0.2, 0.25) is 0 Å². The third kappa shape index (κ3) is 3.25. The molecule has 0 saturated heterocycles. The molecule has 0 heterocycles. The molecule has 100 valence electrons. The van der Waals surface area contributed by atoms with Crippen molar-refractivity contribution in [1.29, 1.82) is 0 Å². The van der Waals surface area contributed by atoms with E-state index in [1.807, 2.05) is 12.1 Å². The minimum absolute atomic E-state index is 0.318. The Morgan fingerprint density at radius 3 is 2.56 bits per heavy atom. The second-order valence-corrected chi connectivity index (χ2v) is 7.33. The maximum absolute atomic E-state index is 11.7. The van der Waals surface area contributed by atoms with E-state index in [9.17, 15) is 8.42 Å². The summed E-state index contributed by atoms with van der Waals surface area (Å²) in [5.41, 5.74) is 0.729. The number of sulfone groups is 1. The summed E-state index contributed by atoms with van der Waals surface area (Å²) in [4.78, 5) is 0.394. The highest BCUT2D eigenvalue weighted by atomic mass is 32.2. The summed E-state index contributed by atoms with van der Waals surface area (Å²) in [6, 6.07) is 7.45. The van der Waals surface area contributed by atoms with Gasteiger partial charge in [0.1, 0.15) is 0 Å². The highest BCUT2D eigenvalue weighted by molar-refractivity contribution is 7.90. The van der Waals surface area contributed by atoms with Crippen molar-refractivity contribution in [2.45, 2.75) is 43.5 Å². The topological polar surface area (TPSA) is 46.2 Å². The molecule has 0 bridgehead atoms. The third-order valence-corrected chi connectivity index (χ3v) is 4.76. The van der Waals surface area contributed by atoms with Gasteiger partial charge >= 0.3 is 0 Å². The quantitative estimate of drug-likeness (QED) is 0.891. The van der Waals surface area contributed by atoms with Gasteiger partial charge in [0.15, 0.2) is 9.84 Å². The number of hydrogen-bond acceptors (Lipinski definition) is 3. The molecule has 0 aliphatic heterocycles. The van der Waals surface area contributed by atoms with Crippen LogP contribution in [0.15, 0.2) is 29.2 Å². The molecule has 0 amide bonds. The monoisotopic (exact) mass is 267 g/mol. The molecule has 1 aromatic carbocycles. The van der Waals surface area contributed by atoms with Crippen molar-refractivity contribution in [3.05, 3.63) is 24.3 Å². The zero-order chi connectivity index (χ0) is 13.2. The molecule has 2 rings (SSSR count). The van der Waals surface area contributed by atoms with E-state index in [1.54, 1.807) is 12.1 Å². The minimum atomic E-state index is -3.16. The first-order chi connectivity index (χ1) is 8.47. The lowest BCUT2D eigenvalue weighted by Gasteiger charge is -2.29. The van der Waals surface area contributed by atoms with Crippen LogP contribution in [-0.2, 0) is 9.84 Å². The Labute approximate surface area is 110 Å². The molecule has 1 aliphatic rings. The normalized spacial score (nSPS) is 18.1. The Kier molecular flexibility index (Phi) is 3.95. The van der Waals surface area contributed by atoms with Crippen molar-refractivity contribution in [3.8, 4) is 0 Å². The van der Waals surface area contributed by atoms with Crippen LogP contribution in [0, 0.1) is 5.92 Å². The van der Waals surface area contributed by atoms with Crippen LogP contribution in [0.5, 0.6) is 0 Å². The molecular formula is C14H21NO2S. The number of benzene rings is 1. The third-order valence-electron chi connectivity index (χ3n) is 3.60. The lowest BCUT2D eigenvalue weighted by atomic mass is 9.81. The van der Waals surface area contributed by atoms with Gasteiger partial charge in [0, 0.05) is 12.3 Å². The maximum Gasteiger partial charge on any atom is 0.177 e. The van der Waals surface area contributed by atoms with E-state index in [-0.39, 0.29) is 0 Å². The molecule has 4 heteroatoms. The number of hydrogen-bond donors (Lipinski definition) is 1. The molecule has 1 aliphatic carbocycles. The number of rotatable bonds is 5. The fourth-order valence-electron chi connectivity index (χ4n) is 2.46. The minimum Gasteiger partial charge on any atom is -0.382 e. The first kappa shape index (κ1) is 13.4. The van der Waals surface area contributed by atoms with Crippen molar-refractivity contribution in [3.63, 3.8) is 0 Å². The molecule has 1 atom stereocenters. The van der Waals surface area contributed by atoms with Crippen LogP contribution in [0.4, 0.5) is 5.69 Å². The molecule has 1 N–H and O–H groups in total. The van der Waals surface area contributed by atoms with Gasteiger partial charge in [-0.2, -0.15) is 0 Å². The summed E-state index contributed by atoms with van der Waals surface area (Å²) in [6.07, 6.45) is 6.36. The SMILES string of the molecule is CC(CC1CCC1)Nc1ccccc1S(C)(=O)=O. The van der Waals surface area contributed by atoms with Crippen LogP contribution in [0.2, 0.25) is 0 Å². The van der Waals surface area contributed by atoms with Gasteiger partial charge in [-0.1, -0.05) is 31.4 Å². The van der Waals surface area contributed by atoms with Crippen LogP contribution in [0.1, 0.15) is 32.6 Å². The molecule has 1 unspecified atom stereocenters. The van der Waals surface area contributed by atoms with E-state index in [0.717, 1.165) is 18.0 Å². The summed E-state index contributed by atoms with van der Waals surface area (Å²) >= 11 is 0. The summed E-state index contributed by atoms with van der Waals surface area (Å²) in [5, 5.41) is 3.34. The summed E-state index contributed by atoms with van der Waals surface area (Å²) < 4.78 is 23.4. The largest absolute Gasteiger partial charge is 0.382 e. The van der Waals surface area contributed by atoms with E-state index in [1.165, 1.54) is 25.5 Å². The fourth-order valence-corrected chi connectivity index (χ4v) is 3.31. The molecule has 0 aromatic heterocycles. The molecule has 0 spiro atoms. The van der Waals surface area contributed by atoms with Gasteiger partial charge in [-0.05, 0) is 31.4 Å². The molecule has 18 heavy (non-hydrogen) atoms. The average Bonchev–Trinajstić information content (AvgIpc) is 2.23. The highest BCUT2D eigenvalue weighted by Gasteiger charge is 2.21. The summed E-state index contributed by atoms with van der Waals surface area (Å²) in [5.74, 6) is 0.817. The van der Waals surface area contributed by atoms with Crippen LogP contribution in [0.3, 0.4) is 0 Å². The lowest BCUT2D eigenvalue weighted by Crippen LogP contribution is -2.24. The first-order valence-corrected chi connectivity index (χ1v) is 8.41. The van der Waals surface area contributed by atoms with Gasteiger partial charge in [-0.25, -0.2) is 8.42 Å². The summed E-state index contributed by atoms with van der Waals surface area (Å²) in [7, 11) is -3.16. The van der Waals surface area contributed by atoms with Gasteiger partial charge in [0.05, 0.1) is 10.6 Å². The number of nitrogens with one attached hydrogen (secondary N) is 1. The molecule has 1 fully saturated rings. The van der Waals surface area contributed by atoms with E-state index in [2.05, 4.69) is 12.2 Å². The first-order valence-electron chi connectivity index (χ1n) is 6.52. The predicted molar refractivity (Wildman–Crippen MR) is 74.6 cm³/mol. The lowest BCUT2D eigenvalue weighted by molar-refractivity contribution is 0.285. The molecule has 1 aromatic rings. The van der Waals surface area contributed by atoms with Crippen molar-refractivity contribution in [1.82, 2.24) is 0 Å². The van der Waals surface area contributed by atoms with Crippen molar-refractivity contribution < 1.29 is 8.42 Å². The van der Waals surface area contributed by atoms with E-state index in [4.69, 9.17) is 0 Å². The van der Waals surface area contributed by atoms with Gasteiger partial charge < -0.3 is 5.32 Å². The number of anilines is 1. The zero-order valence-electron chi connectivity index (χ0n) is 11.0. The maximum atomic E-state index is 11.7. The smallest absolute Gasteiger partial charge is 0.177 e. The van der Waals surface area contributed by atoms with E-state index >= 15 is 0 Å². The van der Waals surface area contributed by atoms with Crippen molar-refractivity contribution >= 4 is 15.5 Å². The molecular weight excluding hydrogens is 246 g/mol. The molecule has 1 saturated carbocycles. The standard InChI is InChI=1S/C14H21NO2S/c1-11(10-12-6-5-7-12)15-13-8-3-4-9-14(13)18(2,16)17/h3-4,8-9,11-12,15H,5-7,10H2,1-2H3. The highest BCUT2D eigenvalue weighted by Crippen LogP contribution is 2.31. The molecule has 0 radical (unpaired) electrons. The van der Waals surface area contributed by atoms with Crippen LogP contribution < -0.4 is 5.32 Å². The zero-order valence-corrected chi connectivity index (χ0v) is 11.8. The number of para-hydroxylation sites is 1. The Balaban J connectivity index is 2.08. The van der Waals surface area contributed by atoms with E-state index < -0.39 is 9.84 Å². The van der Waals surface area contributed by atoms with Crippen LogP contribution in [0.25, 0.3) is 0 Å². The fraction of sp³-hybridized carbons (Fsp3) is 0.571. The Bertz CT molecular complexity index is 506. The van der Waals surface area contributed by atoms with Gasteiger partial charge in [-0.3, -0.25) is 0 Å². The van der Waals surface area contributed by atoms with Crippen LogP contribution in [-0.4, -0.2) is 20.7 Å². The average molecular weight is 267 g/mol. The predicted octanol–water partition coefficient (Wildman–Crippen LogP) is 3.08. The second kappa shape index (κ2) is 5.31. The summed E-state index contributed by atoms with van der Waals surface area (Å²) in [6.45, 7) is 2.12. The Hall–Kier alpha value is -1.03. The van der Waals surface area contributed by atoms with Crippen LogP contribution >= 0.6 is 0 Å². The van der Waals surface area contributed by atoms with Gasteiger partial charge in [-0.15, -0.1) is 0 Å². The van der Waals surface area contributed by atoms with Crippen molar-refractivity contribution in [2.75, 3.05) is 11.6 Å². The Morgan fingerprint density at radius 2 is 2.00 bits per heavy atom. The van der Waals surface area contributed by atoms with Crippen molar-refractivity contribution in [2.24, 2.45) is 5.92 Å².